The molecule has 0 saturated heterocycles. The highest BCUT2D eigenvalue weighted by Gasteiger charge is 2.11. The number of aldehydes is 1. The molecule has 0 unspecified atom stereocenters. The van der Waals surface area contributed by atoms with Gasteiger partial charge in [-0.1, -0.05) is 65.5 Å². The summed E-state index contributed by atoms with van der Waals surface area (Å²) in [5.41, 5.74) is 10.5. The minimum absolute atomic E-state index is 0.0504. The van der Waals surface area contributed by atoms with Crippen LogP contribution >= 0.6 is 0 Å². The van der Waals surface area contributed by atoms with Gasteiger partial charge in [0.2, 0.25) is 5.88 Å². The number of ether oxygens (including phenoxy) is 2. The number of methoxy groups -OCH3 is 1. The largest absolute Gasteiger partial charge is 0.497 e. The van der Waals surface area contributed by atoms with Gasteiger partial charge in [0.05, 0.1) is 25.6 Å². The standard InChI is InChI=1S/C24H38N4O2.C7H12O.C2H7N.C2H6.CH4O/c1-8-10-18(5)21(29-7)13-12-19(6)24(25)20(11-9-2)14-27-22-15-26-16-23(28-22)30-17(3)4;8-6-7-4-2-1-3-5-7;1-3-2;2*1-2/h10,12-13,15-17H,8-9,11,14,25H2,1-7H3,(H,27,28);6-7H,1-5H2;3H,1-2H3;1-2H3;2H,1H3/b18-10+,19-12+,21-13+,24-20+;;;;. The number of hydrogen-bond donors (Lipinski definition) is 4. The van der Waals surface area contributed by atoms with E-state index >= 15 is 0 Å². The Balaban J connectivity index is -0.000000970. The number of nitrogens with one attached hydrogen (secondary N) is 2. The van der Waals surface area contributed by atoms with Gasteiger partial charge in [0, 0.05) is 25.3 Å². The highest BCUT2D eigenvalue weighted by Crippen LogP contribution is 2.21. The number of aliphatic hydroxyl groups is 1. The molecule has 1 aromatic heterocycles. The van der Waals surface area contributed by atoms with Crippen molar-refractivity contribution < 1.29 is 19.4 Å². The van der Waals surface area contributed by atoms with Crippen molar-refractivity contribution in [1.82, 2.24) is 15.3 Å². The van der Waals surface area contributed by atoms with Crippen LogP contribution < -0.4 is 21.1 Å². The first kappa shape index (κ1) is 46.3. The topological polar surface area (TPSA) is 132 Å². The predicted octanol–water partition coefficient (Wildman–Crippen LogP) is 7.76. The van der Waals surface area contributed by atoms with Crippen LogP contribution in [-0.4, -0.2) is 62.3 Å². The molecule has 45 heavy (non-hydrogen) atoms. The van der Waals surface area contributed by atoms with E-state index in [4.69, 9.17) is 20.3 Å². The third-order valence-electron chi connectivity index (χ3n) is 6.26. The van der Waals surface area contributed by atoms with Crippen LogP contribution in [-0.2, 0) is 9.53 Å². The van der Waals surface area contributed by atoms with E-state index in [0.29, 0.717) is 24.2 Å². The number of anilines is 1. The molecule has 1 saturated carbocycles. The third-order valence-corrected chi connectivity index (χ3v) is 6.26. The molecule has 1 aromatic rings. The fraction of sp³-hybridized carbons (Fsp3) is 0.639. The van der Waals surface area contributed by atoms with Crippen LogP contribution in [0.4, 0.5) is 5.82 Å². The van der Waals surface area contributed by atoms with E-state index in [9.17, 15) is 4.79 Å². The SMILES string of the molecule is CC.CC/C=C(C)/C(=C\C=C(C)\C(N)=C(\CCC)CNc1cncc(OC(C)C)n1)OC.CNC.CO.O=CC1CCCCC1. The van der Waals surface area contributed by atoms with Crippen molar-refractivity contribution in [2.45, 2.75) is 113 Å². The first-order chi connectivity index (χ1) is 21.7. The van der Waals surface area contributed by atoms with E-state index in [-0.39, 0.29) is 6.10 Å². The normalized spacial score (nSPS) is 14.0. The van der Waals surface area contributed by atoms with Crippen LogP contribution in [0, 0.1) is 5.92 Å². The quantitative estimate of drug-likeness (QED) is 0.0977. The monoisotopic (exact) mass is 634 g/mol. The Morgan fingerprint density at radius 3 is 2.13 bits per heavy atom. The summed E-state index contributed by atoms with van der Waals surface area (Å²) in [6.07, 6.45) is 19.6. The molecule has 1 aliphatic rings. The Hall–Kier alpha value is -3.17. The molecule has 2 rings (SSSR count). The maximum atomic E-state index is 10.2. The van der Waals surface area contributed by atoms with E-state index in [1.165, 1.54) is 19.3 Å². The number of hydrogen-bond acceptors (Lipinski definition) is 9. The Kier molecular flexibility index (Phi) is 33.1. The highest BCUT2D eigenvalue weighted by atomic mass is 16.5. The second-order valence-corrected chi connectivity index (χ2v) is 10.4. The predicted molar refractivity (Wildman–Crippen MR) is 192 cm³/mol. The fourth-order valence-electron chi connectivity index (χ4n) is 4.16. The van der Waals surface area contributed by atoms with Crippen LogP contribution in [0.3, 0.4) is 0 Å². The maximum Gasteiger partial charge on any atom is 0.234 e. The molecule has 0 atom stereocenters. The van der Waals surface area contributed by atoms with Crippen molar-refractivity contribution in [2.75, 3.05) is 40.2 Å². The van der Waals surface area contributed by atoms with E-state index in [1.54, 1.807) is 19.5 Å². The van der Waals surface area contributed by atoms with Gasteiger partial charge in [0.1, 0.15) is 17.9 Å². The molecule has 0 aliphatic heterocycles. The number of nitrogens with two attached hydrogens (primary N) is 1. The fourth-order valence-corrected chi connectivity index (χ4v) is 4.16. The zero-order valence-electron chi connectivity index (χ0n) is 30.6. The number of carbonyl (C=O) groups is 1. The van der Waals surface area contributed by atoms with Crippen molar-refractivity contribution in [2.24, 2.45) is 11.7 Å². The third kappa shape index (κ3) is 23.8. The van der Waals surface area contributed by atoms with Gasteiger partial charge in [0.25, 0.3) is 0 Å². The smallest absolute Gasteiger partial charge is 0.234 e. The van der Waals surface area contributed by atoms with Crippen molar-refractivity contribution in [3.8, 4) is 5.88 Å². The van der Waals surface area contributed by atoms with Crippen molar-refractivity contribution in [3.63, 3.8) is 0 Å². The Bertz CT molecular complexity index is 981. The Morgan fingerprint density at radius 1 is 1.07 bits per heavy atom. The van der Waals surface area contributed by atoms with Crippen molar-refractivity contribution in [1.29, 1.82) is 0 Å². The molecule has 9 heteroatoms. The summed E-state index contributed by atoms with van der Waals surface area (Å²) < 4.78 is 11.1. The second kappa shape index (κ2) is 32.2. The summed E-state index contributed by atoms with van der Waals surface area (Å²) >= 11 is 0. The molecule has 0 amide bonds. The number of aromatic nitrogens is 2. The number of carbonyl (C=O) groups excluding carboxylic acids is 1. The van der Waals surface area contributed by atoms with Gasteiger partial charge < -0.3 is 35.7 Å². The average Bonchev–Trinajstić information content (AvgIpc) is 3.06. The number of nitrogens with zero attached hydrogens (tertiary/aromatic N) is 2. The number of rotatable bonds is 13. The first-order valence-corrected chi connectivity index (χ1v) is 16.5. The lowest BCUT2D eigenvalue weighted by molar-refractivity contribution is -0.111. The molecule has 1 aliphatic carbocycles. The zero-order valence-corrected chi connectivity index (χ0v) is 30.6. The van der Waals surface area contributed by atoms with Gasteiger partial charge in [-0.25, -0.2) is 0 Å². The molecule has 0 radical (unpaired) electrons. The molecule has 9 nitrogen and oxygen atoms in total. The highest BCUT2D eigenvalue weighted by molar-refractivity contribution is 5.53. The first-order valence-electron chi connectivity index (χ1n) is 16.5. The van der Waals surface area contributed by atoms with E-state index in [2.05, 4.69) is 40.5 Å². The summed E-state index contributed by atoms with van der Waals surface area (Å²) in [4.78, 5) is 18.8. The lowest BCUT2D eigenvalue weighted by Crippen LogP contribution is -2.14. The van der Waals surface area contributed by atoms with Gasteiger partial charge in [-0.05, 0) is 90.3 Å². The molecule has 1 fully saturated rings. The second-order valence-electron chi connectivity index (χ2n) is 10.4. The minimum atomic E-state index is 0.0504. The zero-order chi connectivity index (χ0) is 35.0. The summed E-state index contributed by atoms with van der Waals surface area (Å²) in [5.74, 6) is 2.42. The summed E-state index contributed by atoms with van der Waals surface area (Å²) in [5, 5.41) is 13.1. The summed E-state index contributed by atoms with van der Waals surface area (Å²) in [7, 11) is 6.44. The number of allylic oxidation sites excluding steroid dienone is 5. The van der Waals surface area contributed by atoms with Gasteiger partial charge in [-0.3, -0.25) is 4.98 Å². The maximum absolute atomic E-state index is 10.2. The van der Waals surface area contributed by atoms with Gasteiger partial charge in [0.15, 0.2) is 0 Å². The Labute approximate surface area is 275 Å². The molecule has 0 spiro atoms. The van der Waals surface area contributed by atoms with Crippen LogP contribution in [0.15, 0.2) is 58.8 Å². The summed E-state index contributed by atoms with van der Waals surface area (Å²) in [6, 6.07) is 0. The lowest BCUT2D eigenvalue weighted by atomic mass is 9.91. The lowest BCUT2D eigenvalue weighted by Gasteiger charge is -2.14. The van der Waals surface area contributed by atoms with Crippen molar-refractivity contribution in [3.05, 3.63) is 58.8 Å². The summed E-state index contributed by atoms with van der Waals surface area (Å²) in [6.45, 7) is 16.8. The molecule has 0 bridgehead atoms. The van der Waals surface area contributed by atoms with Gasteiger partial charge >= 0.3 is 0 Å². The van der Waals surface area contributed by atoms with E-state index in [1.807, 2.05) is 67.8 Å². The van der Waals surface area contributed by atoms with E-state index < -0.39 is 0 Å². The molecular formula is C36H67N5O4. The van der Waals surface area contributed by atoms with E-state index in [0.717, 1.165) is 73.7 Å². The molecule has 0 aromatic carbocycles. The Morgan fingerprint density at radius 2 is 1.67 bits per heavy atom. The molecule has 5 N–H and O–H groups in total. The average molecular weight is 634 g/mol. The van der Waals surface area contributed by atoms with Crippen LogP contribution in [0.1, 0.15) is 107 Å². The molecule has 260 valence electrons. The van der Waals surface area contributed by atoms with Crippen LogP contribution in [0.25, 0.3) is 0 Å². The van der Waals surface area contributed by atoms with Crippen LogP contribution in [0.2, 0.25) is 0 Å². The minimum Gasteiger partial charge on any atom is -0.497 e. The van der Waals surface area contributed by atoms with Gasteiger partial charge in [-0.2, -0.15) is 4.98 Å². The molecular weight excluding hydrogens is 566 g/mol. The molecule has 1 heterocycles. The number of aliphatic hydroxyl groups excluding tert-OH is 1. The van der Waals surface area contributed by atoms with Crippen LogP contribution in [0.5, 0.6) is 5.88 Å². The van der Waals surface area contributed by atoms with Crippen molar-refractivity contribution >= 4 is 12.1 Å². The van der Waals surface area contributed by atoms with Gasteiger partial charge in [-0.15, -0.1) is 0 Å².